The summed E-state index contributed by atoms with van der Waals surface area (Å²) < 4.78 is 0. The number of benzene rings is 9. The Morgan fingerprint density at radius 2 is 0.356 bits per heavy atom. The molecular weight excluding hydrogens is 885 g/mol. The molecule has 0 aliphatic rings. The number of para-hydroxylation sites is 3. The minimum atomic E-state index is 1.14. The first-order valence-corrected chi connectivity index (χ1v) is 25.9. The van der Waals surface area contributed by atoms with Crippen LogP contribution in [-0.2, 0) is 0 Å². The van der Waals surface area contributed by atoms with Gasteiger partial charge in [0, 0.05) is 34.1 Å². The molecular formula is C69H72N4. The molecule has 0 aliphatic heterocycles. The average molecular weight is 957 g/mol. The monoisotopic (exact) mass is 957 g/mol. The summed E-state index contributed by atoms with van der Waals surface area (Å²) in [5.41, 5.74) is 32.9. The van der Waals surface area contributed by atoms with Crippen molar-refractivity contribution in [1.29, 1.82) is 0 Å². The predicted molar refractivity (Wildman–Crippen MR) is 316 cm³/mol. The zero-order valence-corrected chi connectivity index (χ0v) is 45.9. The van der Waals surface area contributed by atoms with Crippen LogP contribution in [0.1, 0.15) is 83.5 Å². The van der Waals surface area contributed by atoms with Gasteiger partial charge in [0.2, 0.25) is 0 Å². The third-order valence-corrected chi connectivity index (χ3v) is 15.8. The first kappa shape index (κ1) is 50.1. The zero-order valence-electron chi connectivity index (χ0n) is 45.9. The van der Waals surface area contributed by atoms with Gasteiger partial charge in [-0.25, -0.2) is 0 Å². The molecule has 0 aliphatic carbocycles. The Morgan fingerprint density at radius 3 is 0.548 bits per heavy atom. The second-order valence-corrected chi connectivity index (χ2v) is 20.5. The fourth-order valence-corrected chi connectivity index (χ4v) is 11.4. The summed E-state index contributed by atoms with van der Waals surface area (Å²) in [5.74, 6) is 0. The number of hydrogen-bond acceptors (Lipinski definition) is 4. The van der Waals surface area contributed by atoms with Crippen molar-refractivity contribution >= 4 is 68.2 Å². The van der Waals surface area contributed by atoms with Crippen molar-refractivity contribution in [1.82, 2.24) is 0 Å². The molecule has 0 atom stereocenters. The molecule has 9 aromatic rings. The van der Waals surface area contributed by atoms with Crippen molar-refractivity contribution in [3.05, 3.63) is 247 Å². The topological polar surface area (TPSA) is 13.0 Å². The third-order valence-electron chi connectivity index (χ3n) is 15.8. The highest BCUT2D eigenvalue weighted by Crippen LogP contribution is 2.55. The maximum Gasteiger partial charge on any atom is 0.0527 e. The quantitative estimate of drug-likeness (QED) is 0.121. The summed E-state index contributed by atoms with van der Waals surface area (Å²) >= 11 is 0. The number of aryl methyl sites for hydroxylation is 3. The summed E-state index contributed by atoms with van der Waals surface area (Å²) in [4.78, 5) is 10.1. The molecule has 0 spiro atoms. The van der Waals surface area contributed by atoms with Crippen molar-refractivity contribution in [3.63, 3.8) is 0 Å². The second-order valence-electron chi connectivity index (χ2n) is 20.5. The van der Waals surface area contributed by atoms with Gasteiger partial charge >= 0.3 is 0 Å². The molecule has 0 heterocycles. The molecule has 0 saturated heterocycles. The molecule has 0 fully saturated rings. The van der Waals surface area contributed by atoms with Crippen molar-refractivity contribution in [2.45, 2.75) is 104 Å². The zero-order chi connectivity index (χ0) is 52.0. The highest BCUT2D eigenvalue weighted by atomic mass is 15.2. The lowest BCUT2D eigenvalue weighted by molar-refractivity contribution is 1.07. The van der Waals surface area contributed by atoms with E-state index in [1.165, 1.54) is 118 Å². The highest BCUT2D eigenvalue weighted by Gasteiger charge is 2.34. The second kappa shape index (κ2) is 20.4. The maximum absolute atomic E-state index is 2.69. The molecule has 0 aromatic heterocycles. The van der Waals surface area contributed by atoms with Gasteiger partial charge in [-0.05, 0) is 260 Å². The van der Waals surface area contributed by atoms with Crippen LogP contribution in [0.4, 0.5) is 68.2 Å². The molecule has 0 amide bonds. The van der Waals surface area contributed by atoms with E-state index in [1.807, 2.05) is 0 Å². The lowest BCUT2D eigenvalue weighted by Gasteiger charge is -2.40. The van der Waals surface area contributed by atoms with Gasteiger partial charge in [-0.3, -0.25) is 0 Å². The van der Waals surface area contributed by atoms with Gasteiger partial charge in [0.15, 0.2) is 0 Å². The highest BCUT2D eigenvalue weighted by molar-refractivity contribution is 5.96. The lowest BCUT2D eigenvalue weighted by atomic mass is 9.87. The Bertz CT molecular complexity index is 3060. The normalized spacial score (nSPS) is 11.2. The Labute approximate surface area is 436 Å². The van der Waals surface area contributed by atoms with E-state index >= 15 is 0 Å². The van der Waals surface area contributed by atoms with Crippen LogP contribution in [0.2, 0.25) is 0 Å². The molecule has 9 aromatic carbocycles. The number of hydrogen-bond donors (Lipinski definition) is 0. The SMILES string of the molecule is Cc1cccc(N(c2ccccc2)c2c(C)c(C)c(N(c3c(C)c(C)c(N(c4ccccc4)c4cccc(C)c4)c(C)c3C)c3c(C)c(C)c(N(c4ccccc4)c4cccc(C)c4)c(C)c3C)c(C)c2C)c1. The van der Waals surface area contributed by atoms with Crippen molar-refractivity contribution < 1.29 is 0 Å². The Kier molecular flexibility index (Phi) is 14.0. The Balaban J connectivity index is 1.38. The van der Waals surface area contributed by atoms with Crippen LogP contribution in [0.15, 0.2) is 164 Å². The predicted octanol–water partition coefficient (Wildman–Crippen LogP) is 20.2. The minimum absolute atomic E-state index is 1.14. The van der Waals surface area contributed by atoms with Gasteiger partial charge in [0.25, 0.3) is 0 Å². The van der Waals surface area contributed by atoms with Crippen molar-refractivity contribution in [2.24, 2.45) is 0 Å². The number of anilines is 12. The number of nitrogens with zero attached hydrogens (tertiary/aromatic N) is 4. The van der Waals surface area contributed by atoms with E-state index in [4.69, 9.17) is 0 Å². The smallest absolute Gasteiger partial charge is 0.0527 e. The molecule has 4 nitrogen and oxygen atoms in total. The maximum atomic E-state index is 2.69. The summed E-state index contributed by atoms with van der Waals surface area (Å²) in [7, 11) is 0. The van der Waals surface area contributed by atoms with E-state index in [0.717, 1.165) is 34.1 Å². The van der Waals surface area contributed by atoms with E-state index in [-0.39, 0.29) is 0 Å². The van der Waals surface area contributed by atoms with Crippen LogP contribution in [0.25, 0.3) is 0 Å². The molecule has 0 radical (unpaired) electrons. The summed E-state index contributed by atoms with van der Waals surface area (Å²) in [6, 6.07) is 59.3. The Hall–Kier alpha value is -7.82. The first-order chi connectivity index (χ1) is 35.0. The largest absolute Gasteiger partial charge is 0.310 e. The van der Waals surface area contributed by atoms with Crippen molar-refractivity contribution in [2.75, 3.05) is 19.6 Å². The van der Waals surface area contributed by atoms with E-state index < -0.39 is 0 Å². The van der Waals surface area contributed by atoms with Crippen LogP contribution < -0.4 is 19.6 Å². The lowest BCUT2D eigenvalue weighted by Crippen LogP contribution is -2.24. The third kappa shape index (κ3) is 8.99. The fourth-order valence-electron chi connectivity index (χ4n) is 11.4. The van der Waals surface area contributed by atoms with Gasteiger partial charge < -0.3 is 19.6 Å². The molecule has 0 unspecified atom stereocenters. The van der Waals surface area contributed by atoms with E-state index in [9.17, 15) is 0 Å². The van der Waals surface area contributed by atoms with E-state index in [2.05, 4.69) is 287 Å². The molecule has 0 bridgehead atoms. The van der Waals surface area contributed by atoms with Gasteiger partial charge in [0.05, 0.1) is 34.1 Å². The number of rotatable bonds is 12. The standard InChI is InChI=1S/C69H72N4/c1-43-28-25-37-61(40-43)70(58-31-19-16-20-32-58)64-46(4)52(10)67(53(11)47(64)5)73(68-54(12)48(6)65(49(7)55(68)13)71(59-33-21-17-22-34-59)62-38-26-29-44(2)41-62)69-56(14)50(8)66(51(9)57(69)15)72(60-35-23-18-24-36-60)63-39-27-30-45(3)42-63/h16-42H,1-15H3. The van der Waals surface area contributed by atoms with Gasteiger partial charge in [0.1, 0.15) is 0 Å². The molecule has 0 N–H and O–H groups in total. The van der Waals surface area contributed by atoms with Gasteiger partial charge in [-0.15, -0.1) is 0 Å². The summed E-state index contributed by atoms with van der Waals surface area (Å²) in [6.45, 7) is 34.7. The van der Waals surface area contributed by atoms with Crippen molar-refractivity contribution in [3.8, 4) is 0 Å². The van der Waals surface area contributed by atoms with Crippen LogP contribution in [0.5, 0.6) is 0 Å². The first-order valence-electron chi connectivity index (χ1n) is 25.9. The molecule has 0 saturated carbocycles. The van der Waals surface area contributed by atoms with Gasteiger partial charge in [-0.2, -0.15) is 0 Å². The van der Waals surface area contributed by atoms with Crippen LogP contribution in [0, 0.1) is 104 Å². The molecule has 9 rings (SSSR count). The van der Waals surface area contributed by atoms with E-state index in [0.29, 0.717) is 0 Å². The van der Waals surface area contributed by atoms with Crippen LogP contribution in [0.3, 0.4) is 0 Å². The minimum Gasteiger partial charge on any atom is -0.310 e. The van der Waals surface area contributed by atoms with Crippen LogP contribution >= 0.6 is 0 Å². The van der Waals surface area contributed by atoms with Gasteiger partial charge in [-0.1, -0.05) is 91.0 Å². The summed E-state index contributed by atoms with van der Waals surface area (Å²) in [5, 5.41) is 0. The Morgan fingerprint density at radius 1 is 0.178 bits per heavy atom. The van der Waals surface area contributed by atoms with E-state index in [1.54, 1.807) is 0 Å². The van der Waals surface area contributed by atoms with Crippen LogP contribution in [-0.4, -0.2) is 0 Å². The summed E-state index contributed by atoms with van der Waals surface area (Å²) in [6.07, 6.45) is 0. The fraction of sp³-hybridized carbons (Fsp3) is 0.217. The molecule has 73 heavy (non-hydrogen) atoms. The average Bonchev–Trinajstić information content (AvgIpc) is 3.39. The molecule has 368 valence electrons. The molecule has 4 heteroatoms.